The quantitative estimate of drug-likeness (QED) is 0.214. The third kappa shape index (κ3) is 8.88. The minimum atomic E-state index is 0.144. The fourth-order valence-corrected chi connectivity index (χ4v) is 7.60. The number of unbranched alkanes of at least 4 members (excludes halogenated alkanes) is 5. The van der Waals surface area contributed by atoms with Crippen LogP contribution in [0, 0.1) is 35.5 Å². The maximum Gasteiger partial charge on any atom is 0.309 e. The molecular formula is C31H56O2. The maximum atomic E-state index is 12.9. The van der Waals surface area contributed by atoms with Gasteiger partial charge in [0.05, 0.1) is 5.92 Å². The zero-order chi connectivity index (χ0) is 23.5. The van der Waals surface area contributed by atoms with Crippen molar-refractivity contribution in [1.29, 1.82) is 0 Å². The number of ether oxygens (including phenoxy) is 1. The molecule has 3 unspecified atom stereocenters. The van der Waals surface area contributed by atoms with Gasteiger partial charge in [-0.25, -0.2) is 0 Å². The van der Waals surface area contributed by atoms with Gasteiger partial charge in [-0.05, 0) is 93.8 Å². The van der Waals surface area contributed by atoms with E-state index in [9.17, 15) is 4.79 Å². The van der Waals surface area contributed by atoms with Gasteiger partial charge in [-0.15, -0.1) is 0 Å². The summed E-state index contributed by atoms with van der Waals surface area (Å²) in [6, 6.07) is 0. The monoisotopic (exact) mass is 460 g/mol. The first-order chi connectivity index (χ1) is 16.1. The van der Waals surface area contributed by atoms with Gasteiger partial charge in [0, 0.05) is 0 Å². The van der Waals surface area contributed by atoms with Gasteiger partial charge in [0.15, 0.2) is 0 Å². The SMILES string of the molecule is CCCCCCCC1CCC([C@H]2CC[C@H](C(=O)O[C@H]3CC[C@H](CCCC)CC3)CC2)C(C)C1. The molecule has 3 saturated carbocycles. The third-order valence-corrected chi connectivity index (χ3v) is 9.81. The molecule has 0 N–H and O–H groups in total. The average molecular weight is 461 g/mol. The van der Waals surface area contributed by atoms with Crippen molar-refractivity contribution in [2.75, 3.05) is 0 Å². The fourth-order valence-electron chi connectivity index (χ4n) is 7.60. The molecule has 3 aliphatic carbocycles. The first-order valence-electron chi connectivity index (χ1n) is 15.3. The van der Waals surface area contributed by atoms with Gasteiger partial charge < -0.3 is 4.74 Å². The molecule has 0 saturated heterocycles. The predicted octanol–water partition coefficient (Wildman–Crippen LogP) is 9.50. The predicted molar refractivity (Wildman–Crippen MR) is 140 cm³/mol. The lowest BCUT2D eigenvalue weighted by Crippen LogP contribution is -2.34. The Morgan fingerprint density at radius 3 is 2.00 bits per heavy atom. The molecule has 3 rings (SSSR count). The summed E-state index contributed by atoms with van der Waals surface area (Å²) in [6.07, 6.45) is 26.6. The molecule has 0 spiro atoms. The Morgan fingerprint density at radius 1 is 0.697 bits per heavy atom. The Morgan fingerprint density at radius 2 is 1.33 bits per heavy atom. The molecule has 0 amide bonds. The maximum absolute atomic E-state index is 12.9. The first kappa shape index (κ1) is 27.1. The van der Waals surface area contributed by atoms with E-state index in [2.05, 4.69) is 20.8 Å². The topological polar surface area (TPSA) is 26.3 Å². The zero-order valence-corrected chi connectivity index (χ0v) is 22.5. The van der Waals surface area contributed by atoms with Gasteiger partial charge in [-0.2, -0.15) is 0 Å². The van der Waals surface area contributed by atoms with E-state index in [0.717, 1.165) is 55.3 Å². The number of esters is 1. The van der Waals surface area contributed by atoms with Crippen LogP contribution in [0.3, 0.4) is 0 Å². The summed E-state index contributed by atoms with van der Waals surface area (Å²) in [7, 11) is 0. The van der Waals surface area contributed by atoms with Crippen molar-refractivity contribution in [3.8, 4) is 0 Å². The lowest BCUT2D eigenvalue weighted by molar-refractivity contribution is -0.157. The van der Waals surface area contributed by atoms with Crippen LogP contribution in [0.5, 0.6) is 0 Å². The Hall–Kier alpha value is -0.530. The van der Waals surface area contributed by atoms with Crippen molar-refractivity contribution in [1.82, 2.24) is 0 Å². The summed E-state index contributed by atoms with van der Waals surface area (Å²) < 4.78 is 6.02. The van der Waals surface area contributed by atoms with E-state index in [1.807, 2.05) is 0 Å². The van der Waals surface area contributed by atoms with E-state index < -0.39 is 0 Å². The van der Waals surface area contributed by atoms with E-state index >= 15 is 0 Å². The summed E-state index contributed by atoms with van der Waals surface area (Å²) >= 11 is 0. The van der Waals surface area contributed by atoms with Crippen LogP contribution in [0.15, 0.2) is 0 Å². The van der Waals surface area contributed by atoms with Crippen LogP contribution in [0.1, 0.15) is 149 Å². The standard InChI is InChI=1S/C31H56O2/c1-4-6-8-9-10-12-26-15-22-30(24(3)23-26)27-16-18-28(19-17-27)31(32)33-29-20-13-25(14-21-29)11-7-5-2/h24-30H,4-23H2,1-3H3/t24?,25-,26?,27-,28-,29-,30?. The van der Waals surface area contributed by atoms with Gasteiger partial charge >= 0.3 is 5.97 Å². The van der Waals surface area contributed by atoms with E-state index in [-0.39, 0.29) is 18.0 Å². The molecule has 0 bridgehead atoms. The minimum Gasteiger partial charge on any atom is -0.462 e. The fraction of sp³-hybridized carbons (Fsp3) is 0.968. The molecule has 3 aliphatic rings. The second kappa shape index (κ2) is 14.8. The van der Waals surface area contributed by atoms with Crippen molar-refractivity contribution in [3.63, 3.8) is 0 Å². The summed E-state index contributed by atoms with van der Waals surface area (Å²) in [5.74, 6) is 4.87. The Kier molecular flexibility index (Phi) is 12.1. The van der Waals surface area contributed by atoms with Crippen LogP contribution < -0.4 is 0 Å². The molecule has 0 aromatic carbocycles. The molecular weight excluding hydrogens is 404 g/mol. The smallest absolute Gasteiger partial charge is 0.309 e. The van der Waals surface area contributed by atoms with Gasteiger partial charge in [0.25, 0.3) is 0 Å². The molecule has 0 aromatic heterocycles. The van der Waals surface area contributed by atoms with E-state index in [4.69, 9.17) is 4.74 Å². The summed E-state index contributed by atoms with van der Waals surface area (Å²) in [4.78, 5) is 12.9. The molecule has 2 nitrogen and oxygen atoms in total. The second-order valence-corrected chi connectivity index (χ2v) is 12.4. The highest BCUT2D eigenvalue weighted by Crippen LogP contribution is 2.45. The Balaban J connectivity index is 1.31. The summed E-state index contributed by atoms with van der Waals surface area (Å²) in [5, 5.41) is 0. The van der Waals surface area contributed by atoms with E-state index in [1.165, 1.54) is 103 Å². The zero-order valence-electron chi connectivity index (χ0n) is 22.5. The largest absolute Gasteiger partial charge is 0.462 e. The van der Waals surface area contributed by atoms with Crippen molar-refractivity contribution in [3.05, 3.63) is 0 Å². The number of hydrogen-bond donors (Lipinski definition) is 0. The van der Waals surface area contributed by atoms with Crippen molar-refractivity contribution < 1.29 is 9.53 Å². The molecule has 0 aliphatic heterocycles. The van der Waals surface area contributed by atoms with Crippen LogP contribution in [0.2, 0.25) is 0 Å². The van der Waals surface area contributed by atoms with Crippen LogP contribution >= 0.6 is 0 Å². The Labute approximate surface area is 206 Å². The normalized spacial score (nSPS) is 35.3. The van der Waals surface area contributed by atoms with Crippen LogP contribution in [0.4, 0.5) is 0 Å². The molecule has 0 aromatic rings. The number of carbonyl (C=O) groups excluding carboxylic acids is 1. The molecule has 0 radical (unpaired) electrons. The molecule has 2 heteroatoms. The number of hydrogen-bond acceptors (Lipinski definition) is 2. The molecule has 0 heterocycles. The van der Waals surface area contributed by atoms with Crippen molar-refractivity contribution in [2.24, 2.45) is 35.5 Å². The van der Waals surface area contributed by atoms with E-state index in [0.29, 0.717) is 0 Å². The van der Waals surface area contributed by atoms with Crippen molar-refractivity contribution in [2.45, 2.75) is 155 Å². The highest BCUT2D eigenvalue weighted by molar-refractivity contribution is 5.72. The Bertz CT molecular complexity index is 527. The number of carbonyl (C=O) groups is 1. The highest BCUT2D eigenvalue weighted by atomic mass is 16.5. The van der Waals surface area contributed by atoms with Gasteiger partial charge in [-0.3, -0.25) is 4.79 Å². The number of rotatable bonds is 12. The van der Waals surface area contributed by atoms with Gasteiger partial charge in [0.1, 0.15) is 6.10 Å². The first-order valence-corrected chi connectivity index (χ1v) is 15.3. The highest BCUT2D eigenvalue weighted by Gasteiger charge is 2.37. The van der Waals surface area contributed by atoms with Crippen molar-refractivity contribution >= 4 is 5.97 Å². The molecule has 192 valence electrons. The van der Waals surface area contributed by atoms with Crippen LogP contribution in [-0.4, -0.2) is 12.1 Å². The molecule has 3 fully saturated rings. The summed E-state index contributed by atoms with van der Waals surface area (Å²) in [6.45, 7) is 7.12. The minimum absolute atomic E-state index is 0.144. The van der Waals surface area contributed by atoms with E-state index in [1.54, 1.807) is 0 Å². The van der Waals surface area contributed by atoms with Crippen LogP contribution in [0.25, 0.3) is 0 Å². The molecule has 3 atom stereocenters. The third-order valence-electron chi connectivity index (χ3n) is 9.81. The summed E-state index contributed by atoms with van der Waals surface area (Å²) in [5.41, 5.74) is 0. The van der Waals surface area contributed by atoms with Gasteiger partial charge in [0.2, 0.25) is 0 Å². The lowest BCUT2D eigenvalue weighted by Gasteiger charge is -2.41. The average Bonchev–Trinajstić information content (AvgIpc) is 2.84. The molecule has 33 heavy (non-hydrogen) atoms. The van der Waals surface area contributed by atoms with Gasteiger partial charge in [-0.1, -0.05) is 85.0 Å². The van der Waals surface area contributed by atoms with Crippen LogP contribution in [-0.2, 0) is 9.53 Å². The lowest BCUT2D eigenvalue weighted by atomic mass is 9.64. The second-order valence-electron chi connectivity index (χ2n) is 12.4.